The van der Waals surface area contributed by atoms with Crippen LogP contribution in [0.15, 0.2) is 54.7 Å². The second kappa shape index (κ2) is 9.85. The number of carbonyl (C=O) groups excluding carboxylic acids is 1. The van der Waals surface area contributed by atoms with Crippen LogP contribution in [0.2, 0.25) is 5.02 Å². The van der Waals surface area contributed by atoms with E-state index < -0.39 is 11.6 Å². The molecule has 5 nitrogen and oxygen atoms in total. The number of amides is 1. The molecule has 172 valence electrons. The molecule has 1 aromatic heterocycles. The van der Waals surface area contributed by atoms with Gasteiger partial charge >= 0.3 is 0 Å². The van der Waals surface area contributed by atoms with Crippen LogP contribution in [-0.2, 0) is 4.79 Å². The van der Waals surface area contributed by atoms with E-state index in [2.05, 4.69) is 4.98 Å². The summed E-state index contributed by atoms with van der Waals surface area (Å²) in [5, 5.41) is 1.01. The van der Waals surface area contributed by atoms with Crippen LogP contribution in [0.4, 0.5) is 14.6 Å². The molecule has 0 aliphatic carbocycles. The van der Waals surface area contributed by atoms with Crippen LogP contribution in [0, 0.1) is 11.6 Å². The molecule has 0 unspecified atom stereocenters. The third-order valence-corrected chi connectivity index (χ3v) is 6.00. The molecular weight excluding hydrogens is 446 g/mol. The summed E-state index contributed by atoms with van der Waals surface area (Å²) in [6, 6.07) is 9.21. The standard InChI is InChI=1S/C25H25ClF2N4O/c1-30(2)11-5-8-22(33)31-12-14-32(15-13-31)25-19-16-20(26)23(18-6-3-4-7-21(18)27)24(28)17(19)9-10-29-25/h3-10,16H,11-15H2,1-2H3/b8-5+. The predicted octanol–water partition coefficient (Wildman–Crippen LogP) is 4.60. The molecule has 2 heterocycles. The first-order valence-electron chi connectivity index (χ1n) is 10.7. The van der Waals surface area contributed by atoms with Crippen molar-refractivity contribution in [2.75, 3.05) is 51.7 Å². The summed E-state index contributed by atoms with van der Waals surface area (Å²) in [5.41, 5.74) is 0.161. The number of likely N-dealkylation sites (N-methyl/N-ethyl adjacent to an activating group) is 1. The lowest BCUT2D eigenvalue weighted by molar-refractivity contribution is -0.126. The van der Waals surface area contributed by atoms with Crippen molar-refractivity contribution in [1.29, 1.82) is 0 Å². The topological polar surface area (TPSA) is 39.7 Å². The Labute approximate surface area is 196 Å². The highest BCUT2D eigenvalue weighted by atomic mass is 35.5. The molecule has 0 bridgehead atoms. The lowest BCUT2D eigenvalue weighted by Gasteiger charge is -2.35. The van der Waals surface area contributed by atoms with Gasteiger partial charge in [-0.05, 0) is 32.3 Å². The van der Waals surface area contributed by atoms with Gasteiger partial charge in [-0.1, -0.05) is 35.9 Å². The number of rotatable bonds is 5. The predicted molar refractivity (Wildman–Crippen MR) is 129 cm³/mol. The third kappa shape index (κ3) is 4.84. The van der Waals surface area contributed by atoms with E-state index in [1.54, 1.807) is 41.4 Å². The smallest absolute Gasteiger partial charge is 0.246 e. The second-order valence-corrected chi connectivity index (χ2v) is 8.64. The molecule has 1 aliphatic rings. The summed E-state index contributed by atoms with van der Waals surface area (Å²) in [5.74, 6) is -0.534. The van der Waals surface area contributed by atoms with Gasteiger partial charge in [-0.25, -0.2) is 13.8 Å². The minimum Gasteiger partial charge on any atom is -0.353 e. The number of hydrogen-bond donors (Lipinski definition) is 0. The molecule has 0 N–H and O–H groups in total. The molecule has 8 heteroatoms. The zero-order chi connectivity index (χ0) is 23.5. The van der Waals surface area contributed by atoms with Crippen LogP contribution in [0.1, 0.15) is 0 Å². The number of hydrogen-bond acceptors (Lipinski definition) is 4. The number of piperazine rings is 1. The van der Waals surface area contributed by atoms with Crippen LogP contribution in [0.25, 0.3) is 21.9 Å². The quantitative estimate of drug-likeness (QED) is 0.511. The molecule has 0 radical (unpaired) electrons. The lowest BCUT2D eigenvalue weighted by atomic mass is 10.00. The summed E-state index contributed by atoms with van der Waals surface area (Å²) < 4.78 is 29.9. The Morgan fingerprint density at radius 1 is 1.12 bits per heavy atom. The SMILES string of the molecule is CN(C)C/C=C/C(=O)N1CCN(c2nccc3c(F)c(-c4ccccc4F)c(Cl)cc23)CC1. The Morgan fingerprint density at radius 2 is 1.85 bits per heavy atom. The van der Waals surface area contributed by atoms with Crippen LogP contribution in [-0.4, -0.2) is 67.5 Å². The molecule has 0 spiro atoms. The summed E-state index contributed by atoms with van der Waals surface area (Å²) in [6.07, 6.45) is 4.99. The maximum absolute atomic E-state index is 15.5. The van der Waals surface area contributed by atoms with Gasteiger partial charge in [-0.3, -0.25) is 4.79 Å². The molecule has 1 fully saturated rings. The van der Waals surface area contributed by atoms with Crippen molar-refractivity contribution in [2.45, 2.75) is 0 Å². The number of halogens is 3. The molecule has 1 amide bonds. The van der Waals surface area contributed by atoms with Crippen LogP contribution >= 0.6 is 11.6 Å². The Bertz CT molecular complexity index is 1210. The zero-order valence-corrected chi connectivity index (χ0v) is 19.3. The van der Waals surface area contributed by atoms with E-state index in [9.17, 15) is 9.18 Å². The fourth-order valence-electron chi connectivity index (χ4n) is 4.01. The summed E-state index contributed by atoms with van der Waals surface area (Å²) in [4.78, 5) is 22.7. The Hall–Kier alpha value is -3.03. The number of benzene rings is 2. The van der Waals surface area contributed by atoms with E-state index in [1.165, 1.54) is 12.1 Å². The normalized spacial score (nSPS) is 14.6. The first-order valence-corrected chi connectivity index (χ1v) is 11.1. The molecule has 0 atom stereocenters. The van der Waals surface area contributed by atoms with Crippen molar-refractivity contribution in [3.63, 3.8) is 0 Å². The van der Waals surface area contributed by atoms with E-state index in [1.807, 2.05) is 30.0 Å². The van der Waals surface area contributed by atoms with E-state index in [0.29, 0.717) is 49.3 Å². The monoisotopic (exact) mass is 470 g/mol. The van der Waals surface area contributed by atoms with Gasteiger partial charge < -0.3 is 14.7 Å². The molecule has 3 aromatic rings. The first kappa shape index (κ1) is 23.1. The van der Waals surface area contributed by atoms with Crippen molar-refractivity contribution in [3.05, 3.63) is 71.4 Å². The molecule has 4 rings (SSSR count). The number of nitrogens with zero attached hydrogens (tertiary/aromatic N) is 4. The Balaban J connectivity index is 1.60. The number of pyridine rings is 1. The largest absolute Gasteiger partial charge is 0.353 e. The zero-order valence-electron chi connectivity index (χ0n) is 18.6. The Morgan fingerprint density at radius 3 is 2.55 bits per heavy atom. The Kier molecular flexibility index (Phi) is 6.91. The van der Waals surface area contributed by atoms with Gasteiger partial charge in [0, 0.05) is 66.9 Å². The van der Waals surface area contributed by atoms with Crippen molar-refractivity contribution >= 4 is 34.1 Å². The minimum atomic E-state index is -0.578. The first-order chi connectivity index (χ1) is 15.9. The van der Waals surface area contributed by atoms with E-state index >= 15 is 4.39 Å². The number of carbonyl (C=O) groups is 1. The van der Waals surface area contributed by atoms with Gasteiger partial charge in [-0.2, -0.15) is 0 Å². The highest BCUT2D eigenvalue weighted by Gasteiger charge is 2.24. The average Bonchev–Trinajstić information content (AvgIpc) is 2.80. The van der Waals surface area contributed by atoms with Crippen molar-refractivity contribution < 1.29 is 13.6 Å². The fourth-order valence-corrected chi connectivity index (χ4v) is 4.30. The molecule has 1 aliphatic heterocycles. The molecular formula is C25H25ClF2N4O. The second-order valence-electron chi connectivity index (χ2n) is 8.23. The lowest BCUT2D eigenvalue weighted by Crippen LogP contribution is -2.48. The highest BCUT2D eigenvalue weighted by Crippen LogP contribution is 2.39. The maximum Gasteiger partial charge on any atom is 0.246 e. The summed E-state index contributed by atoms with van der Waals surface area (Å²) in [7, 11) is 3.89. The fraction of sp³-hybridized carbons (Fsp3) is 0.280. The molecule has 1 saturated heterocycles. The van der Waals surface area contributed by atoms with Crippen LogP contribution in [0.5, 0.6) is 0 Å². The molecule has 33 heavy (non-hydrogen) atoms. The van der Waals surface area contributed by atoms with Gasteiger partial charge in [-0.15, -0.1) is 0 Å². The van der Waals surface area contributed by atoms with Gasteiger partial charge in [0.1, 0.15) is 17.5 Å². The van der Waals surface area contributed by atoms with E-state index in [0.717, 1.165) is 0 Å². The van der Waals surface area contributed by atoms with Crippen molar-refractivity contribution in [1.82, 2.24) is 14.8 Å². The van der Waals surface area contributed by atoms with Gasteiger partial charge in [0.25, 0.3) is 0 Å². The van der Waals surface area contributed by atoms with Crippen LogP contribution < -0.4 is 4.90 Å². The molecule has 2 aromatic carbocycles. The third-order valence-electron chi connectivity index (χ3n) is 5.70. The van der Waals surface area contributed by atoms with E-state index in [4.69, 9.17) is 11.6 Å². The van der Waals surface area contributed by atoms with Gasteiger partial charge in [0.2, 0.25) is 5.91 Å². The highest BCUT2D eigenvalue weighted by molar-refractivity contribution is 6.34. The van der Waals surface area contributed by atoms with Crippen LogP contribution in [0.3, 0.4) is 0 Å². The summed E-state index contributed by atoms with van der Waals surface area (Å²) >= 11 is 6.44. The van der Waals surface area contributed by atoms with Gasteiger partial charge in [0.15, 0.2) is 0 Å². The minimum absolute atomic E-state index is 0.0222. The number of anilines is 1. The average molecular weight is 471 g/mol. The van der Waals surface area contributed by atoms with Gasteiger partial charge in [0.05, 0.1) is 5.02 Å². The number of fused-ring (bicyclic) bond motifs is 1. The number of aromatic nitrogens is 1. The van der Waals surface area contributed by atoms with Crippen molar-refractivity contribution in [2.24, 2.45) is 0 Å². The maximum atomic E-state index is 15.5. The summed E-state index contributed by atoms with van der Waals surface area (Å²) in [6.45, 7) is 2.90. The molecule has 0 saturated carbocycles. The van der Waals surface area contributed by atoms with Crippen molar-refractivity contribution in [3.8, 4) is 11.1 Å². The van der Waals surface area contributed by atoms with E-state index in [-0.39, 0.29) is 22.1 Å².